The number of hydrogen-bond acceptors (Lipinski definition) is 2. The molecule has 1 aliphatic heterocycles. The molecule has 6 heteroatoms. The molecular weight excluding hydrogens is 314 g/mol. The van der Waals surface area contributed by atoms with Gasteiger partial charge in [0.15, 0.2) is 0 Å². The van der Waals surface area contributed by atoms with Crippen molar-refractivity contribution in [1.82, 2.24) is 15.5 Å². The third-order valence-electron chi connectivity index (χ3n) is 4.45. The fourth-order valence-electron chi connectivity index (χ4n) is 3.18. The lowest BCUT2D eigenvalue weighted by molar-refractivity contribution is -0.127. The molecule has 0 radical (unpaired) electrons. The van der Waals surface area contributed by atoms with Gasteiger partial charge in [0.25, 0.3) is 0 Å². The van der Waals surface area contributed by atoms with Gasteiger partial charge in [-0.15, -0.1) is 0 Å². The van der Waals surface area contributed by atoms with Crippen LogP contribution in [0.3, 0.4) is 0 Å². The van der Waals surface area contributed by atoms with E-state index in [2.05, 4.69) is 10.6 Å². The first-order valence-corrected chi connectivity index (χ1v) is 8.51. The van der Waals surface area contributed by atoms with Gasteiger partial charge in [-0.25, -0.2) is 4.79 Å². The maximum Gasteiger partial charge on any atom is 0.315 e. The smallest absolute Gasteiger partial charge is 0.315 e. The Balaban J connectivity index is 1.44. The van der Waals surface area contributed by atoms with Crippen LogP contribution in [0.4, 0.5) is 4.79 Å². The molecule has 0 bridgehead atoms. The Kier molecular flexibility index (Phi) is 4.76. The lowest BCUT2D eigenvalue weighted by Gasteiger charge is -2.21. The topological polar surface area (TPSA) is 61.4 Å². The van der Waals surface area contributed by atoms with Crippen molar-refractivity contribution in [2.45, 2.75) is 44.2 Å². The van der Waals surface area contributed by atoms with Gasteiger partial charge in [-0.1, -0.05) is 29.8 Å². The van der Waals surface area contributed by atoms with E-state index < -0.39 is 0 Å². The quantitative estimate of drug-likeness (QED) is 0.868. The number of halogens is 1. The molecule has 124 valence electrons. The molecule has 0 unspecified atom stereocenters. The highest BCUT2D eigenvalue weighted by atomic mass is 35.5. The lowest BCUT2D eigenvalue weighted by Crippen LogP contribution is -2.47. The van der Waals surface area contributed by atoms with Crippen molar-refractivity contribution in [3.8, 4) is 0 Å². The number of nitrogens with one attached hydrogen (secondary N) is 2. The fourth-order valence-corrected chi connectivity index (χ4v) is 3.46. The van der Waals surface area contributed by atoms with Crippen molar-refractivity contribution in [2.75, 3.05) is 13.1 Å². The predicted molar refractivity (Wildman–Crippen MR) is 89.5 cm³/mol. The van der Waals surface area contributed by atoms with Gasteiger partial charge in [0.05, 0.1) is 0 Å². The number of amides is 3. The van der Waals surface area contributed by atoms with E-state index in [1.807, 2.05) is 36.1 Å². The van der Waals surface area contributed by atoms with Crippen LogP contribution in [-0.2, 0) is 4.79 Å². The summed E-state index contributed by atoms with van der Waals surface area (Å²) in [7, 11) is 0. The first kappa shape index (κ1) is 16.1. The molecular formula is C17H22ClN3O2. The highest BCUT2D eigenvalue weighted by molar-refractivity contribution is 6.31. The molecule has 1 heterocycles. The average Bonchev–Trinajstić information content (AvgIpc) is 3.13. The van der Waals surface area contributed by atoms with E-state index >= 15 is 0 Å². The van der Waals surface area contributed by atoms with Crippen LogP contribution in [0.2, 0.25) is 5.02 Å². The summed E-state index contributed by atoms with van der Waals surface area (Å²) in [5, 5.41) is 6.65. The number of hydrogen-bond donors (Lipinski definition) is 2. The molecule has 0 aromatic heterocycles. The Morgan fingerprint density at radius 2 is 2.22 bits per heavy atom. The van der Waals surface area contributed by atoms with Gasteiger partial charge in [0, 0.05) is 42.5 Å². The molecule has 1 saturated heterocycles. The Morgan fingerprint density at radius 3 is 2.91 bits per heavy atom. The number of urea groups is 1. The normalized spacial score (nSPS) is 24.4. The highest BCUT2D eigenvalue weighted by Crippen LogP contribution is 2.43. The van der Waals surface area contributed by atoms with Crippen LogP contribution in [0.15, 0.2) is 24.3 Å². The SMILES string of the molecule is C[C@H](CN1CCCC1=O)NC(=O)N[C@H]1C[C@@H]1c1ccccc1Cl. The Bertz CT molecular complexity index is 607. The largest absolute Gasteiger partial charge is 0.341 e. The fraction of sp³-hybridized carbons (Fsp3) is 0.529. The monoisotopic (exact) mass is 335 g/mol. The lowest BCUT2D eigenvalue weighted by atomic mass is 10.1. The van der Waals surface area contributed by atoms with Crippen LogP contribution in [0, 0.1) is 0 Å². The molecule has 1 aliphatic carbocycles. The zero-order chi connectivity index (χ0) is 16.4. The summed E-state index contributed by atoms with van der Waals surface area (Å²) in [4.78, 5) is 25.5. The van der Waals surface area contributed by atoms with Crippen molar-refractivity contribution >= 4 is 23.5 Å². The van der Waals surface area contributed by atoms with Gasteiger partial charge in [-0.2, -0.15) is 0 Å². The second-order valence-corrected chi connectivity index (χ2v) is 6.84. The summed E-state index contributed by atoms with van der Waals surface area (Å²) in [6.45, 7) is 3.29. The second-order valence-electron chi connectivity index (χ2n) is 6.43. The Hall–Kier alpha value is -1.75. The van der Waals surface area contributed by atoms with Crippen molar-refractivity contribution in [3.05, 3.63) is 34.9 Å². The number of rotatable bonds is 5. The van der Waals surface area contributed by atoms with Crippen molar-refractivity contribution in [3.63, 3.8) is 0 Å². The third-order valence-corrected chi connectivity index (χ3v) is 4.80. The van der Waals surface area contributed by atoms with Crippen LogP contribution in [-0.4, -0.2) is 42.0 Å². The maximum atomic E-state index is 12.1. The number of likely N-dealkylation sites (tertiary alicyclic amines) is 1. The number of benzene rings is 1. The molecule has 2 N–H and O–H groups in total. The van der Waals surface area contributed by atoms with E-state index in [1.54, 1.807) is 0 Å². The van der Waals surface area contributed by atoms with Crippen LogP contribution >= 0.6 is 11.6 Å². The van der Waals surface area contributed by atoms with E-state index in [9.17, 15) is 9.59 Å². The van der Waals surface area contributed by atoms with Crippen LogP contribution in [0.25, 0.3) is 0 Å². The molecule has 3 rings (SSSR count). The van der Waals surface area contributed by atoms with E-state index in [4.69, 9.17) is 11.6 Å². The highest BCUT2D eigenvalue weighted by Gasteiger charge is 2.40. The first-order chi connectivity index (χ1) is 11.0. The minimum Gasteiger partial charge on any atom is -0.341 e. The van der Waals surface area contributed by atoms with Gasteiger partial charge >= 0.3 is 6.03 Å². The van der Waals surface area contributed by atoms with E-state index in [0.29, 0.717) is 18.9 Å². The molecule has 23 heavy (non-hydrogen) atoms. The van der Waals surface area contributed by atoms with E-state index in [-0.39, 0.29) is 24.0 Å². The Morgan fingerprint density at radius 1 is 1.43 bits per heavy atom. The van der Waals surface area contributed by atoms with E-state index in [0.717, 1.165) is 30.0 Å². The summed E-state index contributed by atoms with van der Waals surface area (Å²) < 4.78 is 0. The van der Waals surface area contributed by atoms with Gasteiger partial charge in [0.2, 0.25) is 5.91 Å². The molecule has 1 saturated carbocycles. The molecule has 5 nitrogen and oxygen atoms in total. The molecule has 3 amide bonds. The van der Waals surface area contributed by atoms with Crippen LogP contribution in [0.5, 0.6) is 0 Å². The summed E-state index contributed by atoms with van der Waals surface area (Å²) in [6.07, 6.45) is 2.45. The molecule has 3 atom stereocenters. The number of carbonyl (C=O) groups is 2. The molecule has 1 aromatic rings. The third kappa shape index (κ3) is 3.96. The first-order valence-electron chi connectivity index (χ1n) is 8.14. The minimum absolute atomic E-state index is 0.0606. The summed E-state index contributed by atoms with van der Waals surface area (Å²) >= 11 is 6.19. The zero-order valence-corrected chi connectivity index (χ0v) is 14.0. The summed E-state index contributed by atoms with van der Waals surface area (Å²) in [5.41, 5.74) is 1.09. The number of nitrogens with zero attached hydrogens (tertiary/aromatic N) is 1. The standard InChI is InChI=1S/C17H22ClN3O2/c1-11(10-21-8-4-7-16(21)22)19-17(23)20-15-9-13(15)12-5-2-3-6-14(12)18/h2-3,5-6,11,13,15H,4,7-10H2,1H3,(H2,19,20,23)/t11-,13-,15+/m1/s1. The number of carbonyl (C=O) groups excluding carboxylic acids is 2. The maximum absolute atomic E-state index is 12.1. The van der Waals surface area contributed by atoms with Gasteiger partial charge in [-0.05, 0) is 31.4 Å². The van der Waals surface area contributed by atoms with Crippen molar-refractivity contribution in [2.24, 2.45) is 0 Å². The summed E-state index contributed by atoms with van der Waals surface area (Å²) in [5.74, 6) is 0.477. The van der Waals surface area contributed by atoms with Crippen LogP contribution in [0.1, 0.15) is 37.7 Å². The van der Waals surface area contributed by atoms with Crippen molar-refractivity contribution in [1.29, 1.82) is 0 Å². The van der Waals surface area contributed by atoms with E-state index in [1.165, 1.54) is 0 Å². The van der Waals surface area contributed by atoms with Crippen molar-refractivity contribution < 1.29 is 9.59 Å². The molecule has 1 aromatic carbocycles. The molecule has 2 fully saturated rings. The average molecular weight is 336 g/mol. The predicted octanol–water partition coefficient (Wildman–Crippen LogP) is 2.51. The van der Waals surface area contributed by atoms with Gasteiger partial charge in [0.1, 0.15) is 0 Å². The van der Waals surface area contributed by atoms with Gasteiger partial charge < -0.3 is 15.5 Å². The minimum atomic E-state index is -0.177. The molecule has 2 aliphatic rings. The summed E-state index contributed by atoms with van der Waals surface area (Å²) in [6, 6.07) is 7.65. The Labute approximate surface area is 141 Å². The van der Waals surface area contributed by atoms with Crippen LogP contribution < -0.4 is 10.6 Å². The second kappa shape index (κ2) is 6.79. The van der Waals surface area contributed by atoms with Gasteiger partial charge in [-0.3, -0.25) is 4.79 Å². The zero-order valence-electron chi connectivity index (χ0n) is 13.2. The molecule has 0 spiro atoms.